The van der Waals surface area contributed by atoms with Crippen LogP contribution in [0, 0.1) is 5.92 Å². The molecule has 2 amide bonds. The van der Waals surface area contributed by atoms with Gasteiger partial charge in [-0.05, 0) is 47.7 Å². The van der Waals surface area contributed by atoms with Crippen molar-refractivity contribution in [3.63, 3.8) is 0 Å². The fourth-order valence-corrected chi connectivity index (χ4v) is 3.95. The molecule has 10 heteroatoms. The van der Waals surface area contributed by atoms with E-state index in [9.17, 15) is 9.59 Å². The number of carbonyl (C=O) groups excluding carboxylic acids is 2. The molecule has 8 nitrogen and oxygen atoms in total. The summed E-state index contributed by atoms with van der Waals surface area (Å²) in [5, 5.41) is 8.47. The number of nitrogens with one attached hydrogen (secondary N) is 2. The smallest absolute Gasteiger partial charge is 0.269 e. The monoisotopic (exact) mass is 502 g/mol. The van der Waals surface area contributed by atoms with E-state index >= 15 is 0 Å². The summed E-state index contributed by atoms with van der Waals surface area (Å²) in [5.41, 5.74) is 1.19. The molecule has 0 spiro atoms. The lowest BCUT2D eigenvalue weighted by molar-refractivity contribution is -0.121. The van der Waals surface area contributed by atoms with E-state index in [4.69, 9.17) is 32.7 Å². The number of nitrogens with zero attached hydrogens (tertiary/aromatic N) is 2. The third kappa shape index (κ3) is 6.42. The van der Waals surface area contributed by atoms with Crippen LogP contribution < -0.4 is 21.2 Å². The van der Waals surface area contributed by atoms with Gasteiger partial charge in [-0.25, -0.2) is 4.99 Å². The normalized spacial score (nSPS) is 19.8. The molecule has 1 aromatic carbocycles. The maximum atomic E-state index is 12.2. The molecule has 1 aromatic rings. The highest BCUT2D eigenvalue weighted by atomic mass is 35.5. The first kappa shape index (κ1) is 24.3. The summed E-state index contributed by atoms with van der Waals surface area (Å²) in [6, 6.07) is 4.79. The third-order valence-corrected chi connectivity index (χ3v) is 5.72. The second-order valence-electron chi connectivity index (χ2n) is 7.71. The Balaban J connectivity index is 1.02. The molecular formula is C24H24Cl2N4O4. The lowest BCUT2D eigenvalue weighted by Crippen LogP contribution is -2.34. The van der Waals surface area contributed by atoms with E-state index in [-0.39, 0.29) is 17.7 Å². The van der Waals surface area contributed by atoms with Crippen LogP contribution in [0.15, 0.2) is 63.2 Å². The summed E-state index contributed by atoms with van der Waals surface area (Å²) in [5.74, 6) is -0.467. The van der Waals surface area contributed by atoms with E-state index in [1.807, 2.05) is 12.2 Å². The molecule has 3 aliphatic rings. The number of fused-ring (bicyclic) bond motifs is 2. The van der Waals surface area contributed by atoms with Crippen LogP contribution in [0.3, 0.4) is 0 Å². The minimum Gasteiger partial charge on any atom is -0.377 e. The molecule has 0 saturated carbocycles. The maximum absolute atomic E-state index is 12.2. The minimum atomic E-state index is -0.548. The van der Waals surface area contributed by atoms with Crippen LogP contribution >= 0.6 is 23.2 Å². The standard InChI is InChI=1S/C24H24Cl2N4O4/c25-17-1-3-19-15(11-17)13-21(29-19)23(31)27-5-7-33-9-10-34-8-6-28-24(32)22-14-16-12-18(26)2-4-20(16)30-22/h1-4,11-15,22H,5-10H2,(H,27,31)(H,28,32). The lowest BCUT2D eigenvalue weighted by Gasteiger charge is -2.09. The van der Waals surface area contributed by atoms with E-state index in [1.54, 1.807) is 36.4 Å². The van der Waals surface area contributed by atoms with Gasteiger partial charge < -0.3 is 20.1 Å². The molecule has 2 atom stereocenters. The number of amides is 2. The Labute approximate surface area is 206 Å². The van der Waals surface area contributed by atoms with Gasteiger partial charge in [-0.2, -0.15) is 0 Å². The summed E-state index contributed by atoms with van der Waals surface area (Å²) in [6.45, 7) is 2.22. The van der Waals surface area contributed by atoms with Crippen LogP contribution in [0.5, 0.6) is 0 Å². The predicted molar refractivity (Wildman–Crippen MR) is 130 cm³/mol. The molecule has 178 valence electrons. The number of ether oxygens (including phenoxy) is 2. The van der Waals surface area contributed by atoms with Gasteiger partial charge in [0.1, 0.15) is 11.7 Å². The zero-order valence-corrected chi connectivity index (χ0v) is 19.8. The second kappa shape index (κ2) is 11.6. The highest BCUT2D eigenvalue weighted by Crippen LogP contribution is 2.25. The van der Waals surface area contributed by atoms with Gasteiger partial charge in [0.05, 0.1) is 37.5 Å². The molecular weight excluding hydrogens is 479 g/mol. The Bertz CT molecular complexity index is 1210. The van der Waals surface area contributed by atoms with E-state index in [0.717, 1.165) is 16.3 Å². The molecule has 2 aliphatic heterocycles. The van der Waals surface area contributed by atoms with Gasteiger partial charge in [0.25, 0.3) is 5.91 Å². The first-order valence-electron chi connectivity index (χ1n) is 10.9. The first-order chi connectivity index (χ1) is 16.5. The molecule has 2 heterocycles. The topological polar surface area (TPSA) is 101 Å². The Kier molecular flexibility index (Phi) is 8.29. The summed E-state index contributed by atoms with van der Waals surface area (Å²) >= 11 is 11.9. The molecule has 2 N–H and O–H groups in total. The molecule has 0 saturated heterocycles. The molecule has 34 heavy (non-hydrogen) atoms. The Hall–Kier alpha value is -2.78. The van der Waals surface area contributed by atoms with Crippen molar-refractivity contribution in [1.29, 1.82) is 0 Å². The Morgan fingerprint density at radius 3 is 2.50 bits per heavy atom. The molecule has 4 rings (SSSR count). The van der Waals surface area contributed by atoms with Crippen molar-refractivity contribution in [3.8, 4) is 0 Å². The van der Waals surface area contributed by atoms with Gasteiger partial charge in [-0.15, -0.1) is 0 Å². The number of allylic oxidation sites excluding steroid dienone is 5. The molecule has 0 radical (unpaired) electrons. The van der Waals surface area contributed by atoms with Gasteiger partial charge in [-0.1, -0.05) is 29.3 Å². The number of carbonyl (C=O) groups is 2. The molecule has 0 bridgehead atoms. The highest BCUT2D eigenvalue weighted by Gasteiger charge is 2.23. The summed E-state index contributed by atoms with van der Waals surface area (Å²) in [4.78, 5) is 33.1. The predicted octanol–water partition coefficient (Wildman–Crippen LogP) is 1.04. The van der Waals surface area contributed by atoms with Crippen LogP contribution in [0.25, 0.3) is 6.08 Å². The number of halogens is 2. The number of rotatable bonds is 11. The molecule has 0 aromatic heterocycles. The van der Waals surface area contributed by atoms with Gasteiger partial charge >= 0.3 is 0 Å². The van der Waals surface area contributed by atoms with Crippen molar-refractivity contribution >= 4 is 46.8 Å². The average molecular weight is 503 g/mol. The Morgan fingerprint density at radius 1 is 0.941 bits per heavy atom. The number of aliphatic imine (C=N–C) groups is 1. The van der Waals surface area contributed by atoms with Gasteiger partial charge in [0, 0.05) is 29.1 Å². The van der Waals surface area contributed by atoms with Gasteiger partial charge in [-0.3, -0.25) is 14.6 Å². The van der Waals surface area contributed by atoms with Crippen molar-refractivity contribution in [2.45, 2.75) is 6.04 Å². The van der Waals surface area contributed by atoms with Crippen molar-refractivity contribution < 1.29 is 19.1 Å². The van der Waals surface area contributed by atoms with Gasteiger partial charge in [0.15, 0.2) is 0 Å². The molecule has 1 aliphatic carbocycles. The van der Waals surface area contributed by atoms with Crippen LogP contribution in [-0.2, 0) is 19.1 Å². The summed E-state index contributed by atoms with van der Waals surface area (Å²) < 4.78 is 10.9. The SMILES string of the molecule is O=C(NCCOCCOCCNC(=O)C1C=c2cc(Cl)ccc2=N1)C1=CC2C=C(Cl)C=CC2=N1. The van der Waals surface area contributed by atoms with Crippen molar-refractivity contribution in [1.82, 2.24) is 10.6 Å². The van der Waals surface area contributed by atoms with Crippen LogP contribution in [0.2, 0.25) is 5.02 Å². The van der Waals surface area contributed by atoms with E-state index in [1.165, 1.54) is 0 Å². The van der Waals surface area contributed by atoms with Crippen LogP contribution in [0.1, 0.15) is 0 Å². The number of benzene rings is 1. The third-order valence-electron chi connectivity index (χ3n) is 5.24. The van der Waals surface area contributed by atoms with Crippen molar-refractivity contribution in [2.24, 2.45) is 15.9 Å². The van der Waals surface area contributed by atoms with Crippen molar-refractivity contribution in [3.05, 3.63) is 68.8 Å². The Morgan fingerprint density at radius 2 is 1.71 bits per heavy atom. The number of hydrogen-bond donors (Lipinski definition) is 2. The van der Waals surface area contributed by atoms with E-state index < -0.39 is 6.04 Å². The summed E-state index contributed by atoms with van der Waals surface area (Å²) in [7, 11) is 0. The quantitative estimate of drug-likeness (QED) is 0.441. The zero-order chi connectivity index (χ0) is 23.9. The summed E-state index contributed by atoms with van der Waals surface area (Å²) in [6.07, 6.45) is 9.01. The van der Waals surface area contributed by atoms with Gasteiger partial charge in [0.2, 0.25) is 5.91 Å². The second-order valence-corrected chi connectivity index (χ2v) is 8.59. The van der Waals surface area contributed by atoms with E-state index in [2.05, 4.69) is 20.6 Å². The largest absolute Gasteiger partial charge is 0.377 e. The van der Waals surface area contributed by atoms with Crippen LogP contribution in [0.4, 0.5) is 0 Å². The zero-order valence-electron chi connectivity index (χ0n) is 18.3. The lowest BCUT2D eigenvalue weighted by atomic mass is 10.00. The highest BCUT2D eigenvalue weighted by molar-refractivity contribution is 6.32. The molecule has 0 fully saturated rings. The van der Waals surface area contributed by atoms with Crippen LogP contribution in [-0.4, -0.2) is 63.1 Å². The fourth-order valence-electron chi connectivity index (χ4n) is 3.57. The minimum absolute atomic E-state index is 0.0440. The molecule has 2 unspecified atom stereocenters. The fraction of sp³-hybridized carbons (Fsp3) is 0.333. The van der Waals surface area contributed by atoms with E-state index in [0.29, 0.717) is 55.3 Å². The first-order valence-corrected chi connectivity index (χ1v) is 11.7. The maximum Gasteiger partial charge on any atom is 0.269 e. The number of hydrogen-bond acceptors (Lipinski definition) is 6. The average Bonchev–Trinajstić information content (AvgIpc) is 3.43. The van der Waals surface area contributed by atoms with Crippen molar-refractivity contribution in [2.75, 3.05) is 39.5 Å².